The lowest BCUT2D eigenvalue weighted by atomic mass is 9.67. The third-order valence-electron chi connectivity index (χ3n) is 14.7. The van der Waals surface area contributed by atoms with Gasteiger partial charge in [0.1, 0.15) is 0 Å². The van der Waals surface area contributed by atoms with Gasteiger partial charge in [-0.3, -0.25) is 0 Å². The van der Waals surface area contributed by atoms with Crippen molar-refractivity contribution in [2.45, 2.75) is 37.5 Å². The number of fused-ring (bicyclic) bond motifs is 14. The van der Waals surface area contributed by atoms with Crippen LogP contribution in [0, 0.1) is 0 Å². The van der Waals surface area contributed by atoms with Crippen molar-refractivity contribution in [3.8, 4) is 44.8 Å². The van der Waals surface area contributed by atoms with Gasteiger partial charge in [0.15, 0.2) is 0 Å². The van der Waals surface area contributed by atoms with Gasteiger partial charge in [0, 0.05) is 58.5 Å². The van der Waals surface area contributed by atoms with Crippen LogP contribution >= 0.6 is 11.3 Å². The van der Waals surface area contributed by atoms with Gasteiger partial charge in [-0.1, -0.05) is 147 Å². The molecule has 0 amide bonds. The highest BCUT2D eigenvalue weighted by molar-refractivity contribution is 7.25. The first-order valence-corrected chi connectivity index (χ1v) is 23.4. The molecule has 1 spiro atoms. The van der Waals surface area contributed by atoms with E-state index in [0.29, 0.717) is 0 Å². The summed E-state index contributed by atoms with van der Waals surface area (Å²) < 4.78 is 7.66. The first-order valence-electron chi connectivity index (χ1n) is 22.5. The van der Waals surface area contributed by atoms with Crippen molar-refractivity contribution in [3.05, 3.63) is 205 Å². The maximum atomic E-state index is 2.61. The average molecular weight is 823 g/mol. The minimum Gasteiger partial charge on any atom is -0.309 e. The van der Waals surface area contributed by atoms with Gasteiger partial charge in [-0.15, -0.1) is 11.3 Å². The van der Waals surface area contributed by atoms with Crippen molar-refractivity contribution in [1.29, 1.82) is 0 Å². The van der Waals surface area contributed by atoms with E-state index in [4.69, 9.17) is 0 Å². The SMILES string of the molecule is c1ccc(-c2ccc(-n3c4ccccc4c4ccc(-c5ccc6c(c5)C5(CCCCC5)c5cc7c8ccccc8n(-c8ccc9c(c8)sc8ccccc89)c7cc5-6)cc43)cc2)cc1. The second kappa shape index (κ2) is 13.4. The Hall–Kier alpha value is -7.20. The summed E-state index contributed by atoms with van der Waals surface area (Å²) in [5.41, 5.74) is 18.3. The molecule has 2 nitrogen and oxygen atoms in total. The first kappa shape index (κ1) is 35.4. The number of para-hydroxylation sites is 2. The standard InChI is InChI=1S/C60H42N2S/c1-3-13-38(14-4-1)39-21-25-42(26-22-39)61-54-18-8-5-15-45(54)47-29-24-41(34-56(47)61)40-23-28-44-50-37-57-51(36-53(50)60(52(44)33-40)31-11-2-12-32-60)46-16-6-9-19-55(46)62(57)43-27-30-49-48-17-7-10-20-58(48)63-59(49)35-43/h1,3-10,13-30,33-37H,2,11-12,31-32H2. The van der Waals surface area contributed by atoms with E-state index in [1.807, 2.05) is 11.3 Å². The van der Waals surface area contributed by atoms with Crippen LogP contribution in [0.15, 0.2) is 194 Å². The molecule has 0 saturated heterocycles. The van der Waals surface area contributed by atoms with Crippen molar-refractivity contribution in [3.63, 3.8) is 0 Å². The highest BCUT2D eigenvalue weighted by atomic mass is 32.1. The molecule has 1 fully saturated rings. The summed E-state index contributed by atoms with van der Waals surface area (Å²) in [5, 5.41) is 7.92. The van der Waals surface area contributed by atoms with E-state index in [9.17, 15) is 0 Å². The van der Waals surface area contributed by atoms with E-state index >= 15 is 0 Å². The van der Waals surface area contributed by atoms with E-state index < -0.39 is 0 Å². The second-order valence-electron chi connectivity index (χ2n) is 17.9. The predicted molar refractivity (Wildman–Crippen MR) is 268 cm³/mol. The molecule has 3 aromatic heterocycles. The molecule has 0 unspecified atom stereocenters. The fraction of sp³-hybridized carbons (Fsp3) is 0.100. The molecule has 3 heteroatoms. The van der Waals surface area contributed by atoms with Gasteiger partial charge >= 0.3 is 0 Å². The van der Waals surface area contributed by atoms with Crippen LogP contribution in [-0.4, -0.2) is 9.13 Å². The highest BCUT2D eigenvalue weighted by Crippen LogP contribution is 2.58. The van der Waals surface area contributed by atoms with Gasteiger partial charge in [0.2, 0.25) is 0 Å². The Balaban J connectivity index is 0.936. The highest BCUT2D eigenvalue weighted by Gasteiger charge is 2.44. The van der Waals surface area contributed by atoms with E-state index in [1.165, 1.54) is 152 Å². The Morgan fingerprint density at radius 1 is 0.333 bits per heavy atom. The van der Waals surface area contributed by atoms with E-state index in [-0.39, 0.29) is 5.41 Å². The van der Waals surface area contributed by atoms with Gasteiger partial charge in [0.25, 0.3) is 0 Å². The number of thiophene rings is 1. The minimum absolute atomic E-state index is 0.00576. The van der Waals surface area contributed by atoms with Crippen LogP contribution in [0.3, 0.4) is 0 Å². The van der Waals surface area contributed by atoms with Gasteiger partial charge in [-0.05, 0) is 124 Å². The molecule has 2 aliphatic rings. The van der Waals surface area contributed by atoms with Crippen molar-refractivity contribution >= 4 is 75.1 Å². The third kappa shape index (κ3) is 5.12. The molecule has 1 saturated carbocycles. The average Bonchev–Trinajstić information content (AvgIpc) is 4.06. The molecule has 0 atom stereocenters. The molecule has 0 bridgehead atoms. The van der Waals surface area contributed by atoms with Gasteiger partial charge in [-0.25, -0.2) is 0 Å². The van der Waals surface area contributed by atoms with Crippen LogP contribution in [0.25, 0.3) is 109 Å². The van der Waals surface area contributed by atoms with Crippen LogP contribution < -0.4 is 0 Å². The molecule has 14 rings (SSSR count). The zero-order valence-corrected chi connectivity index (χ0v) is 35.6. The molecule has 12 aromatic rings. The van der Waals surface area contributed by atoms with E-state index in [1.54, 1.807) is 0 Å². The molecule has 0 radical (unpaired) electrons. The minimum atomic E-state index is 0.00576. The molecule has 3 heterocycles. The number of nitrogens with zero attached hydrogens (tertiary/aromatic N) is 2. The van der Waals surface area contributed by atoms with Gasteiger partial charge in [-0.2, -0.15) is 0 Å². The number of benzene rings is 9. The number of hydrogen-bond acceptors (Lipinski definition) is 1. The van der Waals surface area contributed by atoms with Crippen LogP contribution in [-0.2, 0) is 5.41 Å². The third-order valence-corrected chi connectivity index (χ3v) is 15.9. The quantitative estimate of drug-likeness (QED) is 0.167. The largest absolute Gasteiger partial charge is 0.309 e. The molecule has 9 aromatic carbocycles. The van der Waals surface area contributed by atoms with Crippen molar-refractivity contribution < 1.29 is 0 Å². The van der Waals surface area contributed by atoms with Crippen molar-refractivity contribution in [2.24, 2.45) is 0 Å². The summed E-state index contributed by atoms with van der Waals surface area (Å²) in [6.45, 7) is 0. The predicted octanol–water partition coefficient (Wildman–Crippen LogP) is 16.8. The fourth-order valence-corrected chi connectivity index (χ4v) is 13.0. The Bertz CT molecular complexity index is 3820. The molecular formula is C60H42N2S. The fourth-order valence-electron chi connectivity index (χ4n) is 11.8. The number of aromatic nitrogens is 2. The summed E-state index contributed by atoms with van der Waals surface area (Å²) >= 11 is 1.89. The van der Waals surface area contributed by atoms with Crippen LogP contribution in [0.5, 0.6) is 0 Å². The molecule has 2 aliphatic carbocycles. The molecule has 0 aliphatic heterocycles. The first-order chi connectivity index (χ1) is 31.2. The Kier molecular flexibility index (Phi) is 7.53. The lowest BCUT2D eigenvalue weighted by molar-refractivity contribution is 0.353. The van der Waals surface area contributed by atoms with Gasteiger partial charge < -0.3 is 9.13 Å². The lowest BCUT2D eigenvalue weighted by Gasteiger charge is -2.36. The number of hydrogen-bond donors (Lipinski definition) is 0. The van der Waals surface area contributed by atoms with E-state index in [2.05, 4.69) is 203 Å². The maximum absolute atomic E-state index is 2.61. The monoisotopic (exact) mass is 822 g/mol. The lowest BCUT2D eigenvalue weighted by Crippen LogP contribution is -2.28. The second-order valence-corrected chi connectivity index (χ2v) is 19.0. The van der Waals surface area contributed by atoms with Crippen LogP contribution in [0.4, 0.5) is 0 Å². The molecular weight excluding hydrogens is 781 g/mol. The molecule has 63 heavy (non-hydrogen) atoms. The number of rotatable bonds is 4. The van der Waals surface area contributed by atoms with Crippen LogP contribution in [0.1, 0.15) is 43.2 Å². The van der Waals surface area contributed by atoms with E-state index in [0.717, 1.165) is 0 Å². The summed E-state index contributed by atoms with van der Waals surface area (Å²) in [6.07, 6.45) is 6.20. The maximum Gasteiger partial charge on any atom is 0.0547 e. The zero-order valence-electron chi connectivity index (χ0n) is 34.8. The summed E-state index contributed by atoms with van der Waals surface area (Å²) in [6, 6.07) is 73.3. The van der Waals surface area contributed by atoms with Crippen molar-refractivity contribution in [1.82, 2.24) is 9.13 Å². The topological polar surface area (TPSA) is 9.86 Å². The molecule has 0 N–H and O–H groups in total. The smallest absolute Gasteiger partial charge is 0.0547 e. The van der Waals surface area contributed by atoms with Crippen LogP contribution in [0.2, 0.25) is 0 Å². The summed E-state index contributed by atoms with van der Waals surface area (Å²) in [7, 11) is 0. The normalized spacial score (nSPS) is 14.5. The van der Waals surface area contributed by atoms with Crippen molar-refractivity contribution in [2.75, 3.05) is 0 Å². The Labute approximate surface area is 369 Å². The Morgan fingerprint density at radius 2 is 0.889 bits per heavy atom. The zero-order chi connectivity index (χ0) is 41.2. The summed E-state index contributed by atoms with van der Waals surface area (Å²) in [5.74, 6) is 0. The van der Waals surface area contributed by atoms with Gasteiger partial charge in [0.05, 0.1) is 22.1 Å². The summed E-state index contributed by atoms with van der Waals surface area (Å²) in [4.78, 5) is 0. The molecule has 298 valence electrons. The Morgan fingerprint density at radius 3 is 1.70 bits per heavy atom.